The third-order valence-corrected chi connectivity index (χ3v) is 10.5. The molecule has 10 nitrogen and oxygen atoms in total. The maximum absolute atomic E-state index is 14.3. The van der Waals surface area contributed by atoms with Crippen LogP contribution in [-0.4, -0.2) is 56.9 Å². The molecular weight excluding hydrogens is 696 g/mol. The number of ether oxygens (including phenoxy) is 4. The van der Waals surface area contributed by atoms with Crippen LogP contribution >= 0.6 is 34.5 Å². The van der Waals surface area contributed by atoms with Crippen molar-refractivity contribution in [1.29, 1.82) is 0 Å². The quantitative estimate of drug-likeness (QED) is 0.0906. The molecule has 2 atom stereocenters. The summed E-state index contributed by atoms with van der Waals surface area (Å²) in [6.45, 7) is 2.72. The third kappa shape index (κ3) is 8.04. The molecule has 3 aliphatic heterocycles. The van der Waals surface area contributed by atoms with E-state index >= 15 is 0 Å². The molecule has 14 heteroatoms. The van der Waals surface area contributed by atoms with Crippen molar-refractivity contribution in [3.05, 3.63) is 109 Å². The van der Waals surface area contributed by atoms with E-state index in [0.717, 1.165) is 37.3 Å². The number of halogens is 3. The standard InChI is InChI=1S/C35H34Cl2FN3O7S/c1-45-29-8-6-22(14-31(29)46-2)30(16-26-27(36)18-40(44)19-28(26)37)47-34(42)33-9-7-25(49-33)17-41(24-5-3-4-23(38)15-24)35(43)48-32-20-39-12-10-21(32)11-13-39/h3-9,14-15,18-19,21,30,32H,10-13,16-17,20H2,1-2H3/t30?,32-/m0/s1. The highest BCUT2D eigenvalue weighted by Crippen LogP contribution is 2.36. The minimum atomic E-state index is -0.893. The summed E-state index contributed by atoms with van der Waals surface area (Å²) < 4.78 is 37.7. The SMILES string of the molecule is COc1ccc(C(Cc2c(Cl)c[n+]([O-])cc2Cl)OC(=O)c2ccc(CN(C(=O)O[C@H]3CN4CCC3CC4)c3cccc(F)c3)s2)cc1OC. The Morgan fingerprint density at radius 1 is 1.04 bits per heavy atom. The minimum Gasteiger partial charge on any atom is -0.619 e. The van der Waals surface area contributed by atoms with Gasteiger partial charge in [-0.25, -0.2) is 14.0 Å². The first kappa shape index (κ1) is 34.8. The van der Waals surface area contributed by atoms with E-state index in [4.69, 9.17) is 42.1 Å². The smallest absolute Gasteiger partial charge is 0.414 e. The molecule has 49 heavy (non-hydrogen) atoms. The van der Waals surface area contributed by atoms with Crippen LogP contribution < -0.4 is 19.1 Å². The molecule has 2 aromatic heterocycles. The zero-order chi connectivity index (χ0) is 34.7. The normalized spacial score (nSPS) is 18.8. The number of hydrogen-bond acceptors (Lipinski definition) is 9. The molecule has 0 aliphatic carbocycles. The number of methoxy groups -OCH3 is 2. The minimum absolute atomic E-state index is 0.0465. The molecule has 5 heterocycles. The van der Waals surface area contributed by atoms with E-state index in [-0.39, 0.29) is 34.0 Å². The topological polar surface area (TPSA) is 104 Å². The van der Waals surface area contributed by atoms with Gasteiger partial charge < -0.3 is 24.2 Å². The van der Waals surface area contributed by atoms with Crippen molar-refractivity contribution in [3.63, 3.8) is 0 Å². The van der Waals surface area contributed by atoms with Crippen LogP contribution in [0.1, 0.15) is 44.6 Å². The first-order chi connectivity index (χ1) is 23.6. The second-order valence-corrected chi connectivity index (χ2v) is 13.9. The number of piperidine rings is 3. The summed E-state index contributed by atoms with van der Waals surface area (Å²) in [7, 11) is 3.01. The van der Waals surface area contributed by atoms with Crippen LogP contribution in [0.4, 0.5) is 14.9 Å². The fourth-order valence-corrected chi connectivity index (χ4v) is 7.73. The highest BCUT2D eigenvalue weighted by molar-refractivity contribution is 7.14. The Morgan fingerprint density at radius 2 is 1.78 bits per heavy atom. The van der Waals surface area contributed by atoms with Crippen LogP contribution in [0, 0.1) is 16.9 Å². The maximum atomic E-state index is 14.3. The zero-order valence-corrected chi connectivity index (χ0v) is 29.1. The largest absolute Gasteiger partial charge is 0.619 e. The number of rotatable bonds is 11. The molecule has 3 aliphatic rings. The van der Waals surface area contributed by atoms with Crippen molar-refractivity contribution in [3.8, 4) is 11.5 Å². The number of aromatic nitrogens is 1. The Labute approximate surface area is 297 Å². The molecule has 0 N–H and O–H groups in total. The predicted octanol–water partition coefficient (Wildman–Crippen LogP) is 7.22. The molecule has 4 aromatic rings. The van der Waals surface area contributed by atoms with Crippen LogP contribution in [0.15, 0.2) is 67.0 Å². The number of carbonyl (C=O) groups excluding carboxylic acids is 2. The van der Waals surface area contributed by atoms with E-state index in [0.29, 0.717) is 50.4 Å². The van der Waals surface area contributed by atoms with Crippen LogP contribution in [0.5, 0.6) is 11.5 Å². The lowest BCUT2D eigenvalue weighted by atomic mass is 9.86. The Balaban J connectivity index is 1.23. The first-order valence-corrected chi connectivity index (χ1v) is 17.2. The van der Waals surface area contributed by atoms with E-state index in [9.17, 15) is 19.2 Å². The van der Waals surface area contributed by atoms with Gasteiger partial charge in [-0.2, -0.15) is 4.73 Å². The van der Waals surface area contributed by atoms with Crippen molar-refractivity contribution in [2.45, 2.75) is 38.0 Å². The number of amides is 1. The van der Waals surface area contributed by atoms with Gasteiger partial charge in [0.25, 0.3) is 0 Å². The van der Waals surface area contributed by atoms with Gasteiger partial charge in [-0.05, 0) is 79.9 Å². The second kappa shape index (κ2) is 15.2. The van der Waals surface area contributed by atoms with Gasteiger partial charge >= 0.3 is 12.1 Å². The molecule has 3 saturated heterocycles. The van der Waals surface area contributed by atoms with Crippen LogP contribution in [0.2, 0.25) is 10.0 Å². The average molecular weight is 731 g/mol. The number of pyridine rings is 1. The zero-order valence-electron chi connectivity index (χ0n) is 26.8. The van der Waals surface area contributed by atoms with E-state index < -0.39 is 24.0 Å². The molecule has 1 unspecified atom stereocenters. The summed E-state index contributed by atoms with van der Waals surface area (Å²) in [5, 5.41) is 12.1. The van der Waals surface area contributed by atoms with Gasteiger partial charge in [0, 0.05) is 23.4 Å². The Hall–Kier alpha value is -4.10. The monoisotopic (exact) mass is 729 g/mol. The number of thiophene rings is 1. The number of nitrogens with zero attached hydrogens (tertiary/aromatic N) is 3. The van der Waals surface area contributed by atoms with Crippen LogP contribution in [0.25, 0.3) is 0 Å². The van der Waals surface area contributed by atoms with Gasteiger partial charge in [0.15, 0.2) is 23.9 Å². The average Bonchev–Trinajstić information content (AvgIpc) is 3.57. The Bertz CT molecular complexity index is 1810. The van der Waals surface area contributed by atoms with Crippen LogP contribution in [-0.2, 0) is 22.4 Å². The van der Waals surface area contributed by atoms with Gasteiger partial charge in [-0.1, -0.05) is 35.3 Å². The van der Waals surface area contributed by atoms with Crippen molar-refractivity contribution in [2.24, 2.45) is 5.92 Å². The molecular formula is C35H34Cl2FN3O7S. The third-order valence-electron chi connectivity index (χ3n) is 8.84. The molecule has 0 spiro atoms. The Kier molecular flexibility index (Phi) is 10.8. The number of anilines is 1. The van der Waals surface area contributed by atoms with Crippen molar-refractivity contribution < 1.29 is 37.7 Å². The summed E-state index contributed by atoms with van der Waals surface area (Å²) in [5.41, 5.74) is 1.33. The summed E-state index contributed by atoms with van der Waals surface area (Å²) in [6.07, 6.45) is 2.64. The number of hydrogen-bond donors (Lipinski definition) is 0. The van der Waals surface area contributed by atoms with Gasteiger partial charge in [0.2, 0.25) is 0 Å². The summed E-state index contributed by atoms with van der Waals surface area (Å²) >= 11 is 13.9. The van der Waals surface area contributed by atoms with E-state index in [1.807, 2.05) is 0 Å². The number of esters is 1. The predicted molar refractivity (Wildman–Crippen MR) is 183 cm³/mol. The van der Waals surface area contributed by atoms with E-state index in [1.165, 1.54) is 49.7 Å². The molecule has 258 valence electrons. The molecule has 0 saturated carbocycles. The first-order valence-electron chi connectivity index (χ1n) is 15.7. The van der Waals surface area contributed by atoms with Crippen molar-refractivity contribution in [1.82, 2.24) is 4.90 Å². The number of fused-ring (bicyclic) bond motifs is 3. The summed E-state index contributed by atoms with van der Waals surface area (Å²) in [6, 6.07) is 14.2. The second-order valence-electron chi connectivity index (χ2n) is 11.9. The maximum Gasteiger partial charge on any atom is 0.414 e. The van der Waals surface area contributed by atoms with E-state index in [2.05, 4.69) is 4.90 Å². The van der Waals surface area contributed by atoms with Gasteiger partial charge in [0.1, 0.15) is 32.9 Å². The van der Waals surface area contributed by atoms with Gasteiger partial charge in [0.05, 0.1) is 26.5 Å². The highest BCUT2D eigenvalue weighted by atomic mass is 35.5. The van der Waals surface area contributed by atoms with Gasteiger partial charge in [-0.15, -0.1) is 11.3 Å². The molecule has 7 rings (SSSR count). The van der Waals surface area contributed by atoms with Crippen LogP contribution in [0.3, 0.4) is 0 Å². The lowest BCUT2D eigenvalue weighted by molar-refractivity contribution is -0.605. The summed E-state index contributed by atoms with van der Waals surface area (Å²) in [4.78, 5) is 31.9. The van der Waals surface area contributed by atoms with Crippen molar-refractivity contribution in [2.75, 3.05) is 38.8 Å². The fourth-order valence-electron chi connectivity index (χ4n) is 6.25. The highest BCUT2D eigenvalue weighted by Gasteiger charge is 2.37. The number of carbonyl (C=O) groups is 2. The lowest BCUT2D eigenvalue weighted by Gasteiger charge is -2.44. The molecule has 3 fully saturated rings. The van der Waals surface area contributed by atoms with Crippen molar-refractivity contribution >= 4 is 52.3 Å². The fraction of sp³-hybridized carbons (Fsp3) is 0.343. The molecule has 2 bridgehead atoms. The van der Waals surface area contributed by atoms with Gasteiger partial charge in [-0.3, -0.25) is 9.80 Å². The summed E-state index contributed by atoms with van der Waals surface area (Å²) in [5.74, 6) is 0.0810. The van der Waals surface area contributed by atoms with E-state index in [1.54, 1.807) is 36.4 Å². The molecule has 1 amide bonds. The molecule has 2 aromatic carbocycles. The molecule has 0 radical (unpaired) electrons. The number of benzene rings is 2. The Morgan fingerprint density at radius 3 is 2.43 bits per heavy atom. The lowest BCUT2D eigenvalue weighted by Crippen LogP contribution is -2.53.